The first-order valence-corrected chi connectivity index (χ1v) is 13.2. The maximum Gasteiger partial charge on any atom is 0.124 e. The number of phenols is 6. The summed E-state index contributed by atoms with van der Waals surface area (Å²) in [7, 11) is 0. The quantitative estimate of drug-likeness (QED) is 0.128. The van der Waals surface area contributed by atoms with Gasteiger partial charge in [-0.1, -0.05) is 48.5 Å². The van der Waals surface area contributed by atoms with Crippen LogP contribution in [-0.4, -0.2) is 30.6 Å². The highest BCUT2D eigenvalue weighted by molar-refractivity contribution is 5.97. The molecule has 42 heavy (non-hydrogen) atoms. The van der Waals surface area contributed by atoms with Crippen LogP contribution < -0.4 is 0 Å². The first kappa shape index (κ1) is 26.3. The highest BCUT2D eigenvalue weighted by atomic mass is 16.3. The molecule has 6 heteroatoms. The summed E-state index contributed by atoms with van der Waals surface area (Å²) in [6.45, 7) is 0. The van der Waals surface area contributed by atoms with E-state index < -0.39 is 0 Å². The molecule has 0 heterocycles. The fraction of sp³-hybridized carbons (Fsp3) is 0. The van der Waals surface area contributed by atoms with Crippen molar-refractivity contribution < 1.29 is 30.6 Å². The maximum absolute atomic E-state index is 11.3. The summed E-state index contributed by atoms with van der Waals surface area (Å²) in [5, 5.41) is 62.1. The molecule has 6 N–H and O–H groups in total. The van der Waals surface area contributed by atoms with Crippen molar-refractivity contribution in [2.24, 2.45) is 0 Å². The van der Waals surface area contributed by atoms with Crippen molar-refractivity contribution in [2.75, 3.05) is 0 Å². The van der Waals surface area contributed by atoms with Crippen molar-refractivity contribution in [2.45, 2.75) is 0 Å². The molecule has 0 saturated heterocycles. The Kier molecular flexibility index (Phi) is 6.65. The first-order valence-electron chi connectivity index (χ1n) is 13.2. The van der Waals surface area contributed by atoms with E-state index in [9.17, 15) is 30.6 Å². The summed E-state index contributed by atoms with van der Waals surface area (Å²) in [6.07, 6.45) is 0. The summed E-state index contributed by atoms with van der Waals surface area (Å²) in [4.78, 5) is 0. The van der Waals surface area contributed by atoms with E-state index >= 15 is 0 Å². The number of aromatic hydroxyl groups is 6. The van der Waals surface area contributed by atoms with Gasteiger partial charge in [-0.2, -0.15) is 0 Å². The Bertz CT molecular complexity index is 1750. The third-order valence-corrected chi connectivity index (χ3v) is 7.28. The summed E-state index contributed by atoms with van der Waals surface area (Å²) < 4.78 is 0. The molecule has 0 atom stereocenters. The minimum atomic E-state index is -0.00280. The molecule has 0 bridgehead atoms. The number of hydrogen-bond donors (Lipinski definition) is 6. The lowest BCUT2D eigenvalue weighted by Crippen LogP contribution is -1.93. The lowest BCUT2D eigenvalue weighted by molar-refractivity contribution is 0.474. The number of phenolic OH excluding ortho intramolecular Hbond substituents is 6. The van der Waals surface area contributed by atoms with Gasteiger partial charge in [0.1, 0.15) is 34.5 Å². The van der Waals surface area contributed by atoms with Gasteiger partial charge in [0, 0.05) is 11.1 Å². The summed E-state index contributed by atoms with van der Waals surface area (Å²) in [5.74, 6) is 0.429. The van der Waals surface area contributed by atoms with Crippen molar-refractivity contribution in [1.82, 2.24) is 0 Å². The summed E-state index contributed by atoms with van der Waals surface area (Å²) >= 11 is 0. The second-order valence-corrected chi connectivity index (χ2v) is 10.0. The predicted molar refractivity (Wildman–Crippen MR) is 164 cm³/mol. The fourth-order valence-electron chi connectivity index (χ4n) is 5.13. The van der Waals surface area contributed by atoms with Crippen LogP contribution in [0.2, 0.25) is 0 Å². The van der Waals surface area contributed by atoms with Crippen molar-refractivity contribution in [1.29, 1.82) is 0 Å². The zero-order chi connectivity index (χ0) is 29.4. The van der Waals surface area contributed by atoms with E-state index in [1.54, 1.807) is 109 Å². The lowest BCUT2D eigenvalue weighted by atomic mass is 9.85. The Morgan fingerprint density at radius 1 is 0.238 bits per heavy atom. The molecule has 6 aromatic carbocycles. The molecule has 0 spiro atoms. The maximum atomic E-state index is 11.3. The zero-order valence-electron chi connectivity index (χ0n) is 22.2. The van der Waals surface area contributed by atoms with Crippen LogP contribution in [-0.2, 0) is 0 Å². The van der Waals surface area contributed by atoms with E-state index in [1.165, 1.54) is 0 Å². The Morgan fingerprint density at radius 2 is 0.476 bits per heavy atom. The highest BCUT2D eigenvalue weighted by Crippen LogP contribution is 2.47. The monoisotopic (exact) mass is 554 g/mol. The molecule has 0 radical (unpaired) electrons. The van der Waals surface area contributed by atoms with Gasteiger partial charge < -0.3 is 30.6 Å². The Balaban J connectivity index is 1.64. The Hall–Kier alpha value is -5.88. The number of hydrogen-bond acceptors (Lipinski definition) is 6. The molecule has 206 valence electrons. The van der Waals surface area contributed by atoms with Gasteiger partial charge in [0.25, 0.3) is 0 Å². The van der Waals surface area contributed by atoms with E-state index in [2.05, 4.69) is 0 Å². The average molecular weight is 555 g/mol. The van der Waals surface area contributed by atoms with Crippen molar-refractivity contribution >= 4 is 0 Å². The molecule has 6 nitrogen and oxygen atoms in total. The Morgan fingerprint density at radius 3 is 0.738 bits per heavy atom. The van der Waals surface area contributed by atoms with E-state index in [0.29, 0.717) is 33.4 Å². The van der Waals surface area contributed by atoms with Gasteiger partial charge in [-0.05, 0) is 117 Å². The highest BCUT2D eigenvalue weighted by Gasteiger charge is 2.20. The van der Waals surface area contributed by atoms with Gasteiger partial charge in [-0.15, -0.1) is 0 Å². The van der Waals surface area contributed by atoms with Crippen molar-refractivity contribution in [3.8, 4) is 90.1 Å². The van der Waals surface area contributed by atoms with Crippen LogP contribution in [0.15, 0.2) is 121 Å². The second-order valence-electron chi connectivity index (χ2n) is 10.0. The van der Waals surface area contributed by atoms with Crippen LogP contribution >= 0.6 is 0 Å². The molecule has 0 fully saturated rings. The van der Waals surface area contributed by atoms with Crippen LogP contribution in [0.4, 0.5) is 0 Å². The van der Waals surface area contributed by atoms with Gasteiger partial charge in [0.2, 0.25) is 0 Å². The molecule has 0 amide bonds. The fourth-order valence-corrected chi connectivity index (χ4v) is 5.13. The smallest absolute Gasteiger partial charge is 0.124 e. The second kappa shape index (κ2) is 10.6. The predicted octanol–water partition coefficient (Wildman–Crippen LogP) is 8.26. The molecule has 0 saturated carbocycles. The number of benzene rings is 6. The minimum absolute atomic E-state index is 0.00280. The van der Waals surface area contributed by atoms with E-state index in [4.69, 9.17) is 0 Å². The van der Waals surface area contributed by atoms with Gasteiger partial charge in [-0.3, -0.25) is 0 Å². The normalized spacial score (nSPS) is 11.0. The molecular weight excluding hydrogens is 528 g/mol. The number of rotatable bonds is 5. The first-order chi connectivity index (χ1) is 20.3. The third-order valence-electron chi connectivity index (χ3n) is 7.28. The largest absolute Gasteiger partial charge is 0.508 e. The van der Waals surface area contributed by atoms with Crippen LogP contribution in [0.1, 0.15) is 0 Å². The summed E-state index contributed by atoms with van der Waals surface area (Å²) in [6, 6.07) is 33.4. The van der Waals surface area contributed by atoms with Crippen LogP contribution in [0, 0.1) is 0 Å². The molecule has 0 aliphatic heterocycles. The van der Waals surface area contributed by atoms with Gasteiger partial charge in [-0.25, -0.2) is 0 Å². The SMILES string of the molecule is Oc1ccc(-c2cc(-c3ccc(O)cc3)c(-c3cc(O)c(-c4ccc(O)cc4)cc3-c3ccc(O)cc3)cc2O)cc1. The van der Waals surface area contributed by atoms with Crippen molar-refractivity contribution in [3.63, 3.8) is 0 Å². The summed E-state index contributed by atoms with van der Waals surface area (Å²) in [5.41, 5.74) is 6.70. The molecule has 6 aromatic rings. The van der Waals surface area contributed by atoms with Crippen LogP contribution in [0.3, 0.4) is 0 Å². The molecular formula is C36H26O6. The van der Waals surface area contributed by atoms with E-state index in [0.717, 1.165) is 22.3 Å². The molecule has 0 unspecified atom stereocenters. The Labute approximate surface area is 241 Å². The topological polar surface area (TPSA) is 121 Å². The lowest BCUT2D eigenvalue weighted by Gasteiger charge is -2.20. The van der Waals surface area contributed by atoms with Crippen molar-refractivity contribution in [3.05, 3.63) is 121 Å². The van der Waals surface area contributed by atoms with Gasteiger partial charge in [0.15, 0.2) is 0 Å². The average Bonchev–Trinajstić information content (AvgIpc) is 2.99. The molecule has 0 aromatic heterocycles. The molecule has 6 rings (SSSR count). The molecule has 0 aliphatic carbocycles. The van der Waals surface area contributed by atoms with Crippen LogP contribution in [0.25, 0.3) is 55.6 Å². The molecule has 0 aliphatic rings. The standard InChI is InChI=1S/C36H26O6/c37-25-9-1-21(2-10-25)29-17-31(23-5-13-27(39)14-6-23)35(41)19-33(29)34-20-36(42)32(24-7-15-28(40)16-8-24)18-30(34)22-3-11-26(38)12-4-22/h1-20,37-42H. The van der Waals surface area contributed by atoms with Gasteiger partial charge in [0.05, 0.1) is 0 Å². The van der Waals surface area contributed by atoms with E-state index in [1.807, 2.05) is 12.1 Å². The van der Waals surface area contributed by atoms with Gasteiger partial charge >= 0.3 is 0 Å². The minimum Gasteiger partial charge on any atom is -0.508 e. The van der Waals surface area contributed by atoms with Crippen LogP contribution in [0.5, 0.6) is 34.5 Å². The van der Waals surface area contributed by atoms with E-state index in [-0.39, 0.29) is 34.5 Å². The third kappa shape index (κ3) is 5.05. The zero-order valence-corrected chi connectivity index (χ0v) is 22.2.